The fourth-order valence-electron chi connectivity index (χ4n) is 2.15. The van der Waals surface area contributed by atoms with Gasteiger partial charge in [-0.05, 0) is 42.0 Å². The van der Waals surface area contributed by atoms with Gasteiger partial charge in [-0.25, -0.2) is 0 Å². The Morgan fingerprint density at radius 2 is 2.27 bits per heavy atom. The molecule has 1 aromatic carbocycles. The molecule has 0 aromatic heterocycles. The summed E-state index contributed by atoms with van der Waals surface area (Å²) in [6.07, 6.45) is 2.55. The molecule has 0 radical (unpaired) electrons. The van der Waals surface area contributed by atoms with Crippen LogP contribution in [0, 0.1) is 5.92 Å². The summed E-state index contributed by atoms with van der Waals surface area (Å²) in [5.41, 5.74) is 2.96. The summed E-state index contributed by atoms with van der Waals surface area (Å²) in [7, 11) is 0. The van der Waals surface area contributed by atoms with E-state index in [1.54, 1.807) is 0 Å². The Labute approximate surface area is 100 Å². The average molecular weight is 268 g/mol. The summed E-state index contributed by atoms with van der Waals surface area (Å²) in [4.78, 5) is 0. The highest BCUT2D eigenvalue weighted by Gasteiger charge is 2.21. The number of hydrogen-bond acceptors (Lipinski definition) is 1. The van der Waals surface area contributed by atoms with Gasteiger partial charge in [-0.3, -0.25) is 0 Å². The summed E-state index contributed by atoms with van der Waals surface area (Å²) >= 11 is 3.54. The van der Waals surface area contributed by atoms with Gasteiger partial charge >= 0.3 is 0 Å². The third-order valence-electron chi connectivity index (χ3n) is 3.05. The molecule has 0 spiro atoms. The van der Waals surface area contributed by atoms with Gasteiger partial charge in [0.15, 0.2) is 0 Å². The molecule has 1 nitrogen and oxygen atoms in total. The molecule has 1 aromatic rings. The van der Waals surface area contributed by atoms with E-state index in [1.807, 2.05) is 0 Å². The fraction of sp³-hybridized carbons (Fsp3) is 0.538. The van der Waals surface area contributed by atoms with Crippen LogP contribution >= 0.6 is 15.9 Å². The minimum Gasteiger partial charge on any atom is -0.306 e. The highest BCUT2D eigenvalue weighted by Crippen LogP contribution is 2.31. The maximum atomic E-state index is 3.58. The van der Waals surface area contributed by atoms with Crippen LogP contribution in [-0.2, 0) is 6.54 Å². The van der Waals surface area contributed by atoms with Crippen LogP contribution in [-0.4, -0.2) is 0 Å². The molecule has 1 aliphatic heterocycles. The van der Waals surface area contributed by atoms with Gasteiger partial charge < -0.3 is 5.32 Å². The minimum atomic E-state index is 0.569. The van der Waals surface area contributed by atoms with Gasteiger partial charge in [0.05, 0.1) is 0 Å². The van der Waals surface area contributed by atoms with Crippen LogP contribution in [0.2, 0.25) is 0 Å². The lowest BCUT2D eigenvalue weighted by molar-refractivity contribution is 0.463. The highest BCUT2D eigenvalue weighted by atomic mass is 79.9. The lowest BCUT2D eigenvalue weighted by Crippen LogP contribution is -2.12. The lowest BCUT2D eigenvalue weighted by atomic mass is 9.98. The van der Waals surface area contributed by atoms with E-state index in [9.17, 15) is 0 Å². The van der Waals surface area contributed by atoms with Crippen molar-refractivity contribution in [3.05, 3.63) is 33.8 Å². The first-order valence-corrected chi connectivity index (χ1v) is 6.48. The van der Waals surface area contributed by atoms with E-state index in [0.717, 1.165) is 12.5 Å². The molecule has 1 heterocycles. The van der Waals surface area contributed by atoms with Crippen molar-refractivity contribution in [1.29, 1.82) is 0 Å². The zero-order valence-corrected chi connectivity index (χ0v) is 11.0. The van der Waals surface area contributed by atoms with Gasteiger partial charge in [0.1, 0.15) is 0 Å². The van der Waals surface area contributed by atoms with Crippen molar-refractivity contribution in [2.75, 3.05) is 0 Å². The van der Waals surface area contributed by atoms with Crippen LogP contribution in [0.3, 0.4) is 0 Å². The van der Waals surface area contributed by atoms with Gasteiger partial charge in [0.25, 0.3) is 0 Å². The normalized spacial score (nSPS) is 19.6. The molecule has 0 saturated heterocycles. The second kappa shape index (κ2) is 4.67. The van der Waals surface area contributed by atoms with Crippen LogP contribution in [0.25, 0.3) is 0 Å². The first kappa shape index (κ1) is 11.2. The van der Waals surface area contributed by atoms with Crippen molar-refractivity contribution in [3.8, 4) is 0 Å². The van der Waals surface area contributed by atoms with E-state index >= 15 is 0 Å². The Kier molecular flexibility index (Phi) is 3.47. The topological polar surface area (TPSA) is 12.0 Å². The zero-order valence-electron chi connectivity index (χ0n) is 9.39. The minimum absolute atomic E-state index is 0.569. The number of halogens is 1. The molecule has 1 unspecified atom stereocenters. The Morgan fingerprint density at radius 3 is 3.00 bits per heavy atom. The van der Waals surface area contributed by atoms with E-state index in [2.05, 4.69) is 53.3 Å². The third-order valence-corrected chi connectivity index (χ3v) is 3.55. The maximum Gasteiger partial charge on any atom is 0.0326 e. The first-order valence-electron chi connectivity index (χ1n) is 5.68. The van der Waals surface area contributed by atoms with Gasteiger partial charge in [0, 0.05) is 17.1 Å². The predicted molar refractivity (Wildman–Crippen MR) is 67.8 cm³/mol. The van der Waals surface area contributed by atoms with E-state index < -0.39 is 0 Å². The van der Waals surface area contributed by atoms with Crippen LogP contribution in [0.15, 0.2) is 22.7 Å². The molecule has 2 heteroatoms. The molecule has 0 saturated carbocycles. The molecule has 0 fully saturated rings. The molecule has 1 N–H and O–H groups in total. The molecule has 1 aliphatic rings. The van der Waals surface area contributed by atoms with Gasteiger partial charge in [-0.15, -0.1) is 0 Å². The van der Waals surface area contributed by atoms with E-state index in [4.69, 9.17) is 0 Å². The maximum absolute atomic E-state index is 3.58. The second-order valence-corrected chi connectivity index (χ2v) is 5.66. The van der Waals surface area contributed by atoms with Gasteiger partial charge in [0.2, 0.25) is 0 Å². The number of nitrogens with one attached hydrogen (secondary N) is 1. The Balaban J connectivity index is 2.10. The largest absolute Gasteiger partial charge is 0.306 e. The van der Waals surface area contributed by atoms with Crippen LogP contribution in [0.1, 0.15) is 43.9 Å². The summed E-state index contributed by atoms with van der Waals surface area (Å²) in [6, 6.07) is 7.19. The molecule has 82 valence electrons. The van der Waals surface area contributed by atoms with Crippen molar-refractivity contribution < 1.29 is 0 Å². The summed E-state index contributed by atoms with van der Waals surface area (Å²) in [5.74, 6) is 0.794. The molecule has 2 rings (SSSR count). The number of hydrogen-bond donors (Lipinski definition) is 1. The third kappa shape index (κ3) is 2.61. The summed E-state index contributed by atoms with van der Waals surface area (Å²) < 4.78 is 1.19. The SMILES string of the molecule is CC(C)CCC1NCc2ccc(Br)cc21. The first-order chi connectivity index (χ1) is 7.16. The Hall–Kier alpha value is -0.340. The molecule has 0 bridgehead atoms. The quantitative estimate of drug-likeness (QED) is 0.872. The predicted octanol–water partition coefficient (Wildman–Crippen LogP) is 4.03. The Bertz CT molecular complexity index is 346. The molecule has 0 amide bonds. The summed E-state index contributed by atoms with van der Waals surface area (Å²) in [6.45, 7) is 5.61. The molecular formula is C13H18BrN. The average Bonchev–Trinajstić information content (AvgIpc) is 2.57. The molecule has 15 heavy (non-hydrogen) atoms. The van der Waals surface area contributed by atoms with Gasteiger partial charge in [-0.2, -0.15) is 0 Å². The van der Waals surface area contributed by atoms with Crippen molar-refractivity contribution in [3.63, 3.8) is 0 Å². The van der Waals surface area contributed by atoms with Crippen LogP contribution < -0.4 is 5.32 Å². The number of fused-ring (bicyclic) bond motifs is 1. The van der Waals surface area contributed by atoms with Crippen molar-refractivity contribution in [1.82, 2.24) is 5.32 Å². The Morgan fingerprint density at radius 1 is 1.47 bits per heavy atom. The van der Waals surface area contributed by atoms with Crippen LogP contribution in [0.5, 0.6) is 0 Å². The zero-order chi connectivity index (χ0) is 10.8. The molecular weight excluding hydrogens is 250 g/mol. The van der Waals surface area contributed by atoms with E-state index in [-0.39, 0.29) is 0 Å². The van der Waals surface area contributed by atoms with Crippen molar-refractivity contribution in [2.24, 2.45) is 5.92 Å². The highest BCUT2D eigenvalue weighted by molar-refractivity contribution is 9.10. The smallest absolute Gasteiger partial charge is 0.0326 e. The fourth-order valence-corrected chi connectivity index (χ4v) is 2.53. The van der Waals surface area contributed by atoms with E-state index in [0.29, 0.717) is 6.04 Å². The standard InChI is InChI=1S/C13H18BrN/c1-9(2)3-6-13-12-7-11(14)5-4-10(12)8-15-13/h4-5,7,9,13,15H,3,6,8H2,1-2H3. The second-order valence-electron chi connectivity index (χ2n) is 4.75. The summed E-state index contributed by atoms with van der Waals surface area (Å²) in [5, 5.41) is 3.58. The van der Waals surface area contributed by atoms with Crippen molar-refractivity contribution >= 4 is 15.9 Å². The van der Waals surface area contributed by atoms with Crippen LogP contribution in [0.4, 0.5) is 0 Å². The monoisotopic (exact) mass is 267 g/mol. The molecule has 1 atom stereocenters. The van der Waals surface area contributed by atoms with E-state index in [1.165, 1.54) is 28.4 Å². The van der Waals surface area contributed by atoms with Gasteiger partial charge in [-0.1, -0.05) is 35.8 Å². The van der Waals surface area contributed by atoms with Crippen molar-refractivity contribution in [2.45, 2.75) is 39.3 Å². The molecule has 0 aliphatic carbocycles. The number of benzene rings is 1. The lowest BCUT2D eigenvalue weighted by Gasteiger charge is -2.13. The number of rotatable bonds is 3.